The van der Waals surface area contributed by atoms with E-state index >= 15 is 0 Å². The van der Waals surface area contributed by atoms with E-state index in [4.69, 9.17) is 0 Å². The summed E-state index contributed by atoms with van der Waals surface area (Å²) in [6, 6.07) is 24.1. The van der Waals surface area contributed by atoms with Gasteiger partial charge in [-0.15, -0.1) is 0 Å². The second-order valence-corrected chi connectivity index (χ2v) is 6.37. The molecule has 0 spiro atoms. The second kappa shape index (κ2) is 7.75. The molecule has 0 aliphatic carbocycles. The van der Waals surface area contributed by atoms with Gasteiger partial charge in [0.05, 0.1) is 12.1 Å². The minimum absolute atomic E-state index is 0.106. The molecule has 0 heterocycles. The molecule has 0 aliphatic heterocycles. The highest BCUT2D eigenvalue weighted by atomic mass is 16.2. The summed E-state index contributed by atoms with van der Waals surface area (Å²) in [5.41, 5.74) is 5.65. The fourth-order valence-electron chi connectivity index (χ4n) is 2.92. The normalized spacial score (nSPS) is 11.7. The molecule has 3 aromatic rings. The Morgan fingerprint density at radius 2 is 1.60 bits per heavy atom. The molecule has 0 atom stereocenters. The molecule has 1 amide bonds. The minimum atomic E-state index is -0.106. The number of hydrogen-bond donors (Lipinski definition) is 1. The minimum Gasteiger partial charge on any atom is -0.273 e. The predicted molar refractivity (Wildman–Crippen MR) is 104 cm³/mol. The first-order valence-corrected chi connectivity index (χ1v) is 8.53. The van der Waals surface area contributed by atoms with Crippen LogP contribution in [0.1, 0.15) is 25.0 Å². The first-order chi connectivity index (χ1) is 12.1. The Morgan fingerprint density at radius 3 is 2.36 bits per heavy atom. The fourth-order valence-corrected chi connectivity index (χ4v) is 2.92. The van der Waals surface area contributed by atoms with E-state index in [2.05, 4.69) is 36.5 Å². The number of carbonyl (C=O) groups is 1. The van der Waals surface area contributed by atoms with E-state index in [9.17, 15) is 4.79 Å². The summed E-state index contributed by atoms with van der Waals surface area (Å²) in [6.45, 7) is 4.14. The van der Waals surface area contributed by atoms with E-state index in [1.807, 2.05) is 60.7 Å². The van der Waals surface area contributed by atoms with Crippen molar-refractivity contribution >= 4 is 22.4 Å². The molecule has 0 unspecified atom stereocenters. The molecule has 0 saturated carbocycles. The number of amides is 1. The monoisotopic (exact) mass is 330 g/mol. The molecule has 0 aliphatic rings. The molecule has 0 bridgehead atoms. The van der Waals surface area contributed by atoms with E-state index < -0.39 is 0 Å². The molecule has 0 aromatic heterocycles. The number of carbonyl (C=O) groups excluding carboxylic acids is 1. The van der Waals surface area contributed by atoms with Crippen LogP contribution in [0.25, 0.3) is 10.8 Å². The number of hydrazone groups is 1. The van der Waals surface area contributed by atoms with E-state index in [1.54, 1.807) is 0 Å². The highest BCUT2D eigenvalue weighted by Crippen LogP contribution is 2.18. The zero-order valence-corrected chi connectivity index (χ0v) is 14.6. The van der Waals surface area contributed by atoms with Gasteiger partial charge in [-0.05, 0) is 27.8 Å². The van der Waals surface area contributed by atoms with Gasteiger partial charge in [0.2, 0.25) is 5.91 Å². The van der Waals surface area contributed by atoms with Crippen LogP contribution in [0.3, 0.4) is 0 Å². The molecule has 126 valence electrons. The maximum atomic E-state index is 12.4. The van der Waals surface area contributed by atoms with Crippen molar-refractivity contribution in [3.05, 3.63) is 83.9 Å². The molecule has 3 nitrogen and oxygen atoms in total. The molecule has 0 saturated heterocycles. The summed E-state index contributed by atoms with van der Waals surface area (Å²) in [7, 11) is 0. The maximum absolute atomic E-state index is 12.4. The lowest BCUT2D eigenvalue weighted by Crippen LogP contribution is -2.23. The van der Waals surface area contributed by atoms with Gasteiger partial charge in [-0.2, -0.15) is 5.10 Å². The van der Waals surface area contributed by atoms with Crippen LogP contribution in [0.15, 0.2) is 77.9 Å². The predicted octanol–water partition coefficient (Wildman–Crippen LogP) is 4.56. The summed E-state index contributed by atoms with van der Waals surface area (Å²) in [5, 5.41) is 6.64. The molecule has 0 fully saturated rings. The van der Waals surface area contributed by atoms with Crippen LogP contribution in [0.5, 0.6) is 0 Å². The highest BCUT2D eigenvalue weighted by Gasteiger charge is 2.10. The summed E-state index contributed by atoms with van der Waals surface area (Å²) in [4.78, 5) is 12.4. The lowest BCUT2D eigenvalue weighted by Gasteiger charge is -2.11. The molecule has 1 N–H and O–H groups in total. The van der Waals surface area contributed by atoms with E-state index in [0.29, 0.717) is 6.42 Å². The van der Waals surface area contributed by atoms with Crippen molar-refractivity contribution < 1.29 is 4.79 Å². The number of nitrogens with zero attached hydrogens (tertiary/aromatic N) is 1. The van der Waals surface area contributed by atoms with Crippen LogP contribution in [-0.4, -0.2) is 11.6 Å². The second-order valence-electron chi connectivity index (χ2n) is 6.37. The lowest BCUT2D eigenvalue weighted by molar-refractivity contribution is -0.120. The Balaban J connectivity index is 1.77. The van der Waals surface area contributed by atoms with Crippen molar-refractivity contribution in [2.75, 3.05) is 0 Å². The van der Waals surface area contributed by atoms with Crippen molar-refractivity contribution in [2.24, 2.45) is 11.0 Å². The van der Waals surface area contributed by atoms with Crippen molar-refractivity contribution in [3.8, 4) is 0 Å². The van der Waals surface area contributed by atoms with Gasteiger partial charge in [0, 0.05) is 0 Å². The Morgan fingerprint density at radius 1 is 0.920 bits per heavy atom. The SMILES string of the molecule is CC(C)/C(=N/NC(=O)Cc1cccc2ccccc12)c1ccccc1. The maximum Gasteiger partial charge on any atom is 0.244 e. The van der Waals surface area contributed by atoms with Crippen molar-refractivity contribution in [2.45, 2.75) is 20.3 Å². The third-order valence-corrected chi connectivity index (χ3v) is 4.15. The number of nitrogens with one attached hydrogen (secondary N) is 1. The first-order valence-electron chi connectivity index (χ1n) is 8.53. The van der Waals surface area contributed by atoms with Gasteiger partial charge >= 0.3 is 0 Å². The van der Waals surface area contributed by atoms with Gasteiger partial charge in [-0.1, -0.05) is 86.6 Å². The number of hydrogen-bond acceptors (Lipinski definition) is 2. The number of fused-ring (bicyclic) bond motifs is 1. The molecule has 0 radical (unpaired) electrons. The molecular weight excluding hydrogens is 308 g/mol. The molecule has 25 heavy (non-hydrogen) atoms. The third-order valence-electron chi connectivity index (χ3n) is 4.15. The van der Waals surface area contributed by atoms with E-state index in [1.165, 1.54) is 0 Å². The zero-order valence-electron chi connectivity index (χ0n) is 14.6. The van der Waals surface area contributed by atoms with Gasteiger partial charge in [0.15, 0.2) is 0 Å². The Labute approximate surface area is 148 Å². The van der Waals surface area contributed by atoms with Gasteiger partial charge in [0.25, 0.3) is 0 Å². The number of rotatable bonds is 5. The van der Waals surface area contributed by atoms with Crippen LogP contribution < -0.4 is 5.43 Å². The summed E-state index contributed by atoms with van der Waals surface area (Å²) >= 11 is 0. The van der Waals surface area contributed by atoms with Gasteiger partial charge < -0.3 is 0 Å². The highest BCUT2D eigenvalue weighted by molar-refractivity contribution is 6.02. The van der Waals surface area contributed by atoms with Gasteiger partial charge in [-0.3, -0.25) is 4.79 Å². The smallest absolute Gasteiger partial charge is 0.244 e. The molecule has 3 heteroatoms. The van der Waals surface area contributed by atoms with Crippen LogP contribution in [0, 0.1) is 5.92 Å². The Kier molecular flexibility index (Phi) is 5.24. The van der Waals surface area contributed by atoms with Gasteiger partial charge in [-0.25, -0.2) is 5.43 Å². The van der Waals surface area contributed by atoms with E-state index in [-0.39, 0.29) is 11.8 Å². The fraction of sp³-hybridized carbons (Fsp3) is 0.182. The van der Waals surface area contributed by atoms with Crippen LogP contribution >= 0.6 is 0 Å². The zero-order chi connectivity index (χ0) is 17.6. The summed E-state index contributed by atoms with van der Waals surface area (Å²) in [5.74, 6) is 0.116. The summed E-state index contributed by atoms with van der Waals surface area (Å²) in [6.07, 6.45) is 0.311. The topological polar surface area (TPSA) is 41.5 Å². The molecular formula is C22H22N2O. The molecule has 3 rings (SSSR count). The van der Waals surface area contributed by atoms with E-state index in [0.717, 1.165) is 27.6 Å². The van der Waals surface area contributed by atoms with Crippen molar-refractivity contribution in [1.82, 2.24) is 5.43 Å². The van der Waals surface area contributed by atoms with Crippen molar-refractivity contribution in [3.63, 3.8) is 0 Å². The third kappa shape index (κ3) is 4.13. The number of benzene rings is 3. The van der Waals surface area contributed by atoms with Crippen molar-refractivity contribution in [1.29, 1.82) is 0 Å². The summed E-state index contributed by atoms with van der Waals surface area (Å²) < 4.78 is 0. The molecule has 3 aromatic carbocycles. The Bertz CT molecular complexity index is 893. The van der Waals surface area contributed by atoms with Crippen LogP contribution in [0.4, 0.5) is 0 Å². The quantitative estimate of drug-likeness (QED) is 0.541. The largest absolute Gasteiger partial charge is 0.273 e. The van der Waals surface area contributed by atoms with Crippen LogP contribution in [-0.2, 0) is 11.2 Å². The average Bonchev–Trinajstić information content (AvgIpc) is 2.63. The Hall–Kier alpha value is -2.94. The van der Waals surface area contributed by atoms with Gasteiger partial charge in [0.1, 0.15) is 0 Å². The standard InChI is InChI=1S/C22H22N2O/c1-16(2)22(18-10-4-3-5-11-18)24-23-21(25)15-19-13-8-12-17-9-6-7-14-20(17)19/h3-14,16H,15H2,1-2H3,(H,23,25)/b24-22-. The first kappa shape index (κ1) is 16.9. The lowest BCUT2D eigenvalue weighted by atomic mass is 10.0. The average molecular weight is 330 g/mol. The van der Waals surface area contributed by atoms with Crippen LogP contribution in [0.2, 0.25) is 0 Å².